The van der Waals surface area contributed by atoms with Gasteiger partial charge in [-0.3, -0.25) is 0 Å². The SMILES string of the molecule is CCOC1CCCN(S(=O)(=O)Cl)C1. The molecule has 0 aliphatic carbocycles. The summed E-state index contributed by atoms with van der Waals surface area (Å²) in [5, 5.41) is 0. The number of hydrogen-bond donors (Lipinski definition) is 0. The minimum Gasteiger partial charge on any atom is -0.377 e. The smallest absolute Gasteiger partial charge is 0.299 e. The molecule has 1 fully saturated rings. The third-order valence-corrected chi connectivity index (χ3v) is 3.59. The zero-order chi connectivity index (χ0) is 9.90. The van der Waals surface area contributed by atoms with Crippen LogP contribution in [0.2, 0.25) is 0 Å². The average molecular weight is 228 g/mol. The number of nitrogens with zero attached hydrogens (tertiary/aromatic N) is 1. The summed E-state index contributed by atoms with van der Waals surface area (Å²) in [6, 6.07) is 0. The third kappa shape index (κ3) is 3.42. The van der Waals surface area contributed by atoms with E-state index in [1.54, 1.807) is 0 Å². The van der Waals surface area contributed by atoms with Gasteiger partial charge >= 0.3 is 0 Å². The molecular formula is C7H14ClNO3S. The van der Waals surface area contributed by atoms with Crippen LogP contribution in [-0.4, -0.2) is 38.5 Å². The fraction of sp³-hybridized carbons (Fsp3) is 1.00. The molecule has 0 radical (unpaired) electrons. The molecule has 1 aliphatic heterocycles. The Balaban J connectivity index is 2.52. The average Bonchev–Trinajstić information content (AvgIpc) is 2.04. The van der Waals surface area contributed by atoms with Crippen molar-refractivity contribution in [1.29, 1.82) is 0 Å². The standard InChI is InChI=1S/C7H14ClNO3S/c1-2-12-7-4-3-5-9(6-7)13(8,10)11/h7H,2-6H2,1H3. The van der Waals surface area contributed by atoms with Crippen LogP contribution in [-0.2, 0) is 14.0 Å². The molecule has 1 aliphatic rings. The molecule has 0 spiro atoms. The van der Waals surface area contributed by atoms with Crippen molar-refractivity contribution < 1.29 is 13.2 Å². The summed E-state index contributed by atoms with van der Waals surface area (Å²) in [5.41, 5.74) is 0. The Hall–Kier alpha value is 0.160. The van der Waals surface area contributed by atoms with Crippen LogP contribution in [0.4, 0.5) is 0 Å². The van der Waals surface area contributed by atoms with Crippen molar-refractivity contribution in [1.82, 2.24) is 4.31 Å². The van der Waals surface area contributed by atoms with Crippen LogP contribution in [0.25, 0.3) is 0 Å². The van der Waals surface area contributed by atoms with Gasteiger partial charge in [0.1, 0.15) is 0 Å². The van der Waals surface area contributed by atoms with E-state index < -0.39 is 9.24 Å². The Morgan fingerprint density at radius 1 is 1.62 bits per heavy atom. The van der Waals surface area contributed by atoms with Crippen LogP contribution in [0.3, 0.4) is 0 Å². The van der Waals surface area contributed by atoms with Gasteiger partial charge in [0, 0.05) is 30.4 Å². The lowest BCUT2D eigenvalue weighted by Crippen LogP contribution is -2.41. The van der Waals surface area contributed by atoms with Gasteiger partial charge in [0.25, 0.3) is 9.24 Å². The number of hydrogen-bond acceptors (Lipinski definition) is 3. The minimum atomic E-state index is -3.55. The molecule has 0 aromatic rings. The van der Waals surface area contributed by atoms with Crippen molar-refractivity contribution in [3.63, 3.8) is 0 Å². The summed E-state index contributed by atoms with van der Waals surface area (Å²) in [5.74, 6) is 0. The Morgan fingerprint density at radius 3 is 2.85 bits per heavy atom. The summed E-state index contributed by atoms with van der Waals surface area (Å²) in [4.78, 5) is 0. The number of rotatable bonds is 3. The van der Waals surface area contributed by atoms with Gasteiger partial charge in [-0.25, -0.2) is 0 Å². The van der Waals surface area contributed by atoms with E-state index in [1.807, 2.05) is 6.92 Å². The first-order chi connectivity index (χ1) is 6.04. The largest absolute Gasteiger partial charge is 0.377 e. The van der Waals surface area contributed by atoms with Crippen LogP contribution in [0.5, 0.6) is 0 Å². The topological polar surface area (TPSA) is 46.6 Å². The first-order valence-electron chi connectivity index (χ1n) is 4.35. The molecule has 13 heavy (non-hydrogen) atoms. The van der Waals surface area contributed by atoms with Gasteiger partial charge in [-0.1, -0.05) is 0 Å². The molecule has 4 nitrogen and oxygen atoms in total. The van der Waals surface area contributed by atoms with Crippen molar-refractivity contribution in [2.45, 2.75) is 25.9 Å². The quantitative estimate of drug-likeness (QED) is 0.675. The molecule has 78 valence electrons. The van der Waals surface area contributed by atoms with Crippen LogP contribution in [0.1, 0.15) is 19.8 Å². The highest BCUT2D eigenvalue weighted by Crippen LogP contribution is 2.18. The molecule has 0 N–H and O–H groups in total. The van der Waals surface area contributed by atoms with Crippen LogP contribution < -0.4 is 0 Å². The highest BCUT2D eigenvalue weighted by atomic mass is 35.7. The maximum absolute atomic E-state index is 11.0. The van der Waals surface area contributed by atoms with Crippen molar-refractivity contribution in [3.05, 3.63) is 0 Å². The summed E-state index contributed by atoms with van der Waals surface area (Å²) < 4.78 is 28.5. The van der Waals surface area contributed by atoms with E-state index in [0.717, 1.165) is 12.8 Å². The second-order valence-electron chi connectivity index (χ2n) is 3.02. The number of piperidine rings is 1. The monoisotopic (exact) mass is 227 g/mol. The first-order valence-corrected chi connectivity index (χ1v) is 6.62. The molecule has 0 aromatic heterocycles. The van der Waals surface area contributed by atoms with Crippen molar-refractivity contribution in [2.24, 2.45) is 0 Å². The lowest BCUT2D eigenvalue weighted by Gasteiger charge is -2.29. The Bertz CT molecular complexity index is 252. The van der Waals surface area contributed by atoms with Gasteiger partial charge in [0.2, 0.25) is 0 Å². The van der Waals surface area contributed by atoms with Gasteiger partial charge < -0.3 is 4.74 Å². The second kappa shape index (κ2) is 4.59. The van der Waals surface area contributed by atoms with E-state index in [0.29, 0.717) is 19.7 Å². The van der Waals surface area contributed by atoms with E-state index in [1.165, 1.54) is 4.31 Å². The number of halogens is 1. The summed E-state index contributed by atoms with van der Waals surface area (Å²) in [7, 11) is 1.67. The highest BCUT2D eigenvalue weighted by molar-refractivity contribution is 8.11. The molecule has 0 amide bonds. The Labute approximate surface area is 83.4 Å². The molecule has 0 saturated carbocycles. The predicted molar refractivity (Wildman–Crippen MR) is 51.0 cm³/mol. The number of ether oxygens (including phenoxy) is 1. The second-order valence-corrected chi connectivity index (χ2v) is 5.53. The highest BCUT2D eigenvalue weighted by Gasteiger charge is 2.27. The Morgan fingerprint density at radius 2 is 2.31 bits per heavy atom. The lowest BCUT2D eigenvalue weighted by molar-refractivity contribution is 0.0270. The lowest BCUT2D eigenvalue weighted by atomic mass is 10.1. The summed E-state index contributed by atoms with van der Waals surface area (Å²) >= 11 is 0. The fourth-order valence-electron chi connectivity index (χ4n) is 1.47. The van der Waals surface area contributed by atoms with Crippen molar-refractivity contribution in [3.8, 4) is 0 Å². The van der Waals surface area contributed by atoms with Crippen LogP contribution >= 0.6 is 10.7 Å². The van der Waals surface area contributed by atoms with E-state index in [9.17, 15) is 8.42 Å². The molecule has 1 unspecified atom stereocenters. The van der Waals surface area contributed by atoms with Crippen LogP contribution in [0.15, 0.2) is 0 Å². The molecule has 1 heterocycles. The molecule has 1 rings (SSSR count). The predicted octanol–water partition coefficient (Wildman–Crippen LogP) is 0.971. The summed E-state index contributed by atoms with van der Waals surface area (Å²) in [6.45, 7) is 3.41. The molecule has 1 saturated heterocycles. The van der Waals surface area contributed by atoms with Crippen LogP contribution in [0, 0.1) is 0 Å². The molecule has 6 heteroatoms. The van der Waals surface area contributed by atoms with Gasteiger partial charge in [-0.05, 0) is 19.8 Å². The van der Waals surface area contributed by atoms with Gasteiger partial charge in [0.15, 0.2) is 0 Å². The summed E-state index contributed by atoms with van der Waals surface area (Å²) in [6.07, 6.45) is 1.74. The van der Waals surface area contributed by atoms with Crippen molar-refractivity contribution >= 4 is 19.9 Å². The Kier molecular flexibility index (Phi) is 3.97. The molecular weight excluding hydrogens is 214 g/mol. The first kappa shape index (κ1) is 11.2. The van der Waals surface area contributed by atoms with E-state index in [2.05, 4.69) is 0 Å². The van der Waals surface area contributed by atoms with E-state index >= 15 is 0 Å². The minimum absolute atomic E-state index is 0.00674. The third-order valence-electron chi connectivity index (χ3n) is 2.05. The van der Waals surface area contributed by atoms with Gasteiger partial charge in [-0.2, -0.15) is 12.7 Å². The van der Waals surface area contributed by atoms with Gasteiger partial charge in [-0.15, -0.1) is 0 Å². The fourth-order valence-corrected chi connectivity index (χ4v) is 2.54. The van der Waals surface area contributed by atoms with Crippen molar-refractivity contribution in [2.75, 3.05) is 19.7 Å². The molecule has 0 aromatic carbocycles. The maximum Gasteiger partial charge on any atom is 0.299 e. The van der Waals surface area contributed by atoms with Gasteiger partial charge in [0.05, 0.1) is 6.10 Å². The molecule has 0 bridgehead atoms. The normalized spacial score (nSPS) is 26.2. The van der Waals surface area contributed by atoms with E-state index in [-0.39, 0.29) is 6.10 Å². The zero-order valence-electron chi connectivity index (χ0n) is 7.57. The molecule has 1 atom stereocenters. The van der Waals surface area contributed by atoms with E-state index in [4.69, 9.17) is 15.4 Å². The zero-order valence-corrected chi connectivity index (χ0v) is 9.14. The maximum atomic E-state index is 11.0.